The maximum absolute atomic E-state index is 13.2. The number of anilines is 1. The lowest BCUT2D eigenvalue weighted by Crippen LogP contribution is -2.36. The van der Waals surface area contributed by atoms with Crippen LogP contribution in [0, 0.1) is 12.7 Å². The third kappa shape index (κ3) is 4.48. The highest BCUT2D eigenvalue weighted by Gasteiger charge is 2.26. The van der Waals surface area contributed by atoms with Gasteiger partial charge >= 0.3 is 0 Å². The van der Waals surface area contributed by atoms with Crippen molar-refractivity contribution in [3.05, 3.63) is 58.3 Å². The Labute approximate surface area is 162 Å². The Bertz CT molecular complexity index is 1040. The molecule has 0 radical (unpaired) electrons. The van der Waals surface area contributed by atoms with Crippen molar-refractivity contribution in [2.45, 2.75) is 37.6 Å². The van der Waals surface area contributed by atoms with E-state index in [-0.39, 0.29) is 11.4 Å². The summed E-state index contributed by atoms with van der Waals surface area (Å²) in [6.45, 7) is 2.20. The van der Waals surface area contributed by atoms with E-state index in [1.54, 1.807) is 6.92 Å². The Balaban J connectivity index is 1.79. The zero-order valence-corrected chi connectivity index (χ0v) is 16.3. The highest BCUT2D eigenvalue weighted by atomic mass is 32.2. The molecule has 1 aromatic carbocycles. The summed E-state index contributed by atoms with van der Waals surface area (Å²) in [5, 5.41) is 2.61. The van der Waals surface area contributed by atoms with Crippen LogP contribution in [-0.2, 0) is 21.4 Å². The van der Waals surface area contributed by atoms with E-state index in [1.165, 1.54) is 34.8 Å². The molecule has 9 heteroatoms. The number of aromatic nitrogens is 1. The van der Waals surface area contributed by atoms with E-state index in [4.69, 9.17) is 0 Å². The summed E-state index contributed by atoms with van der Waals surface area (Å²) in [6, 6.07) is 6.36. The van der Waals surface area contributed by atoms with Crippen LogP contribution in [0.1, 0.15) is 24.8 Å². The van der Waals surface area contributed by atoms with Gasteiger partial charge < -0.3 is 9.88 Å². The summed E-state index contributed by atoms with van der Waals surface area (Å²) < 4.78 is 41.2. The molecule has 1 fully saturated rings. The Morgan fingerprint density at radius 3 is 2.54 bits per heavy atom. The van der Waals surface area contributed by atoms with Gasteiger partial charge in [0.1, 0.15) is 12.4 Å². The minimum absolute atomic E-state index is 0.0141. The SMILES string of the molecule is Cc1cc(F)ccc1NC(=O)Cn1cc(S(=O)(=O)N2CCCCC2)ccc1=O. The van der Waals surface area contributed by atoms with Crippen molar-refractivity contribution in [2.24, 2.45) is 0 Å². The van der Waals surface area contributed by atoms with E-state index in [1.807, 2.05) is 0 Å². The number of aryl methyl sites for hydroxylation is 1. The van der Waals surface area contributed by atoms with Crippen LogP contribution in [0.25, 0.3) is 0 Å². The van der Waals surface area contributed by atoms with Crippen molar-refractivity contribution in [3.8, 4) is 0 Å². The van der Waals surface area contributed by atoms with Gasteiger partial charge in [0, 0.05) is 31.0 Å². The fraction of sp³-hybridized carbons (Fsp3) is 0.368. The molecule has 0 saturated carbocycles. The zero-order valence-electron chi connectivity index (χ0n) is 15.5. The Morgan fingerprint density at radius 2 is 1.86 bits per heavy atom. The molecule has 1 N–H and O–H groups in total. The predicted octanol–water partition coefficient (Wildman–Crippen LogP) is 2.11. The van der Waals surface area contributed by atoms with Gasteiger partial charge in [-0.25, -0.2) is 12.8 Å². The first-order valence-corrected chi connectivity index (χ1v) is 10.5. The molecule has 1 aliphatic heterocycles. The number of benzene rings is 1. The van der Waals surface area contributed by atoms with E-state index >= 15 is 0 Å². The quantitative estimate of drug-likeness (QED) is 0.822. The number of carbonyl (C=O) groups is 1. The molecule has 1 saturated heterocycles. The van der Waals surface area contributed by atoms with E-state index in [2.05, 4.69) is 5.32 Å². The van der Waals surface area contributed by atoms with Crippen molar-refractivity contribution < 1.29 is 17.6 Å². The Hall–Kier alpha value is -2.52. The second-order valence-corrected chi connectivity index (χ2v) is 8.74. The average Bonchev–Trinajstić information content (AvgIpc) is 2.66. The first kappa shape index (κ1) is 20.2. The van der Waals surface area contributed by atoms with Crippen molar-refractivity contribution >= 4 is 21.6 Å². The van der Waals surface area contributed by atoms with Crippen molar-refractivity contribution in [1.29, 1.82) is 0 Å². The second kappa shape index (κ2) is 8.24. The number of nitrogens with one attached hydrogen (secondary N) is 1. The van der Waals surface area contributed by atoms with Gasteiger partial charge in [-0.2, -0.15) is 4.31 Å². The second-order valence-electron chi connectivity index (χ2n) is 6.80. The number of sulfonamides is 1. The van der Waals surface area contributed by atoms with Gasteiger partial charge in [-0.3, -0.25) is 9.59 Å². The highest BCUT2D eigenvalue weighted by molar-refractivity contribution is 7.89. The van der Waals surface area contributed by atoms with Gasteiger partial charge in [0.25, 0.3) is 5.56 Å². The molecule has 0 aliphatic carbocycles. The molecule has 150 valence electrons. The van der Waals surface area contributed by atoms with Crippen LogP contribution in [0.4, 0.5) is 10.1 Å². The van der Waals surface area contributed by atoms with Crippen molar-refractivity contribution in [3.63, 3.8) is 0 Å². The van der Waals surface area contributed by atoms with E-state index in [9.17, 15) is 22.4 Å². The fourth-order valence-electron chi connectivity index (χ4n) is 3.15. The van der Waals surface area contributed by atoms with Crippen LogP contribution in [0.5, 0.6) is 0 Å². The third-order valence-electron chi connectivity index (χ3n) is 4.69. The monoisotopic (exact) mass is 407 g/mol. The normalized spacial score (nSPS) is 15.4. The summed E-state index contributed by atoms with van der Waals surface area (Å²) in [7, 11) is -3.71. The fourth-order valence-corrected chi connectivity index (χ4v) is 4.69. The maximum atomic E-state index is 13.2. The molecule has 28 heavy (non-hydrogen) atoms. The standard InChI is InChI=1S/C19H22FN3O4S/c1-14-11-15(20)5-7-17(14)21-18(24)13-22-12-16(6-8-19(22)25)28(26,27)23-9-3-2-4-10-23/h5-8,11-12H,2-4,9-10,13H2,1H3,(H,21,24). The number of piperidine rings is 1. The van der Waals surface area contributed by atoms with Crippen LogP contribution < -0.4 is 10.9 Å². The largest absolute Gasteiger partial charge is 0.324 e. The highest BCUT2D eigenvalue weighted by Crippen LogP contribution is 2.20. The third-order valence-corrected chi connectivity index (χ3v) is 6.57. The summed E-state index contributed by atoms with van der Waals surface area (Å²) in [5.41, 5.74) is 0.488. The molecule has 0 bridgehead atoms. The average molecular weight is 407 g/mol. The molecule has 3 rings (SSSR count). The van der Waals surface area contributed by atoms with Gasteiger partial charge in [-0.15, -0.1) is 0 Å². The lowest BCUT2D eigenvalue weighted by molar-refractivity contribution is -0.116. The van der Waals surface area contributed by atoms with Crippen LogP contribution in [0.2, 0.25) is 0 Å². The maximum Gasteiger partial charge on any atom is 0.251 e. The molecule has 1 amide bonds. The first-order valence-electron chi connectivity index (χ1n) is 9.04. The number of hydrogen-bond donors (Lipinski definition) is 1. The van der Waals surface area contributed by atoms with Crippen LogP contribution >= 0.6 is 0 Å². The van der Waals surface area contributed by atoms with Crippen LogP contribution in [0.15, 0.2) is 46.2 Å². The molecule has 0 unspecified atom stereocenters. The predicted molar refractivity (Wildman–Crippen MR) is 103 cm³/mol. The molecule has 1 aromatic heterocycles. The van der Waals surface area contributed by atoms with Gasteiger partial charge in [-0.1, -0.05) is 6.42 Å². The Morgan fingerprint density at radius 1 is 1.14 bits per heavy atom. The van der Waals surface area contributed by atoms with Crippen LogP contribution in [0.3, 0.4) is 0 Å². The number of pyridine rings is 1. The number of amides is 1. The lowest BCUT2D eigenvalue weighted by atomic mass is 10.2. The zero-order chi connectivity index (χ0) is 20.3. The lowest BCUT2D eigenvalue weighted by Gasteiger charge is -2.26. The van der Waals surface area contributed by atoms with Crippen molar-refractivity contribution in [2.75, 3.05) is 18.4 Å². The number of carbonyl (C=O) groups excluding carboxylic acids is 1. The van der Waals surface area contributed by atoms with Gasteiger partial charge in [0.05, 0.1) is 4.90 Å². The number of rotatable bonds is 5. The van der Waals surface area contributed by atoms with E-state index in [0.717, 1.165) is 29.9 Å². The van der Waals surface area contributed by atoms with E-state index < -0.39 is 27.3 Å². The molecular weight excluding hydrogens is 385 g/mol. The molecular formula is C19H22FN3O4S. The molecule has 1 aliphatic rings. The number of nitrogens with zero attached hydrogens (tertiary/aromatic N) is 2. The summed E-state index contributed by atoms with van der Waals surface area (Å²) in [4.78, 5) is 24.4. The number of halogens is 1. The molecule has 2 heterocycles. The van der Waals surface area contributed by atoms with Gasteiger partial charge in [0.15, 0.2) is 0 Å². The first-order chi connectivity index (χ1) is 13.3. The smallest absolute Gasteiger partial charge is 0.251 e. The minimum atomic E-state index is -3.71. The molecule has 0 spiro atoms. The Kier molecular flexibility index (Phi) is 5.95. The van der Waals surface area contributed by atoms with Gasteiger partial charge in [-0.05, 0) is 49.6 Å². The summed E-state index contributed by atoms with van der Waals surface area (Å²) in [5.74, 6) is -0.924. The molecule has 7 nitrogen and oxygen atoms in total. The summed E-state index contributed by atoms with van der Waals surface area (Å²) in [6.07, 6.45) is 3.80. The van der Waals surface area contributed by atoms with Crippen molar-refractivity contribution in [1.82, 2.24) is 8.87 Å². The molecule has 2 aromatic rings. The summed E-state index contributed by atoms with van der Waals surface area (Å²) >= 11 is 0. The molecule has 0 atom stereocenters. The van der Waals surface area contributed by atoms with Gasteiger partial charge in [0.2, 0.25) is 15.9 Å². The number of hydrogen-bond acceptors (Lipinski definition) is 4. The van der Waals surface area contributed by atoms with Crippen LogP contribution in [-0.4, -0.2) is 36.3 Å². The van der Waals surface area contributed by atoms with E-state index in [0.29, 0.717) is 24.3 Å². The topological polar surface area (TPSA) is 88.5 Å². The minimum Gasteiger partial charge on any atom is -0.324 e.